The Labute approximate surface area is 263 Å². The number of ether oxygens (including phenoxy) is 1. The van der Waals surface area contributed by atoms with Crippen LogP contribution in [0.2, 0.25) is 10.0 Å². The van der Waals surface area contributed by atoms with Crippen molar-refractivity contribution in [2.24, 2.45) is 7.05 Å². The molecule has 1 aliphatic carbocycles. The largest absolute Gasteiger partial charge is 1.00 e. The molecule has 0 saturated heterocycles. The van der Waals surface area contributed by atoms with Gasteiger partial charge in [-0.3, -0.25) is 16.3 Å². The Hall–Kier alpha value is -2.72. The van der Waals surface area contributed by atoms with Gasteiger partial charge in [0.05, 0.1) is 6.20 Å². The number of carbonyl (C=O) groups is 1. The maximum absolute atomic E-state index is 15.4. The third-order valence-electron chi connectivity index (χ3n) is 6.83. The molecule has 1 atom stereocenters. The molecular weight excluding hydrogens is 567 g/mol. The minimum Gasteiger partial charge on any atom is -0.870 e. The Morgan fingerprint density at radius 3 is 2.38 bits per heavy atom. The number of anilines is 1. The number of aryl methyl sites for hydroxylation is 1. The maximum Gasteiger partial charge on any atom is 1.00 e. The molecule has 1 amide bonds. The van der Waals surface area contributed by atoms with E-state index in [9.17, 15) is 9.59 Å². The fourth-order valence-corrected chi connectivity index (χ4v) is 5.02. The number of nitrogens with zero attached hydrogens (tertiary/aromatic N) is 2. The van der Waals surface area contributed by atoms with Gasteiger partial charge in [0.2, 0.25) is 0 Å². The predicted molar refractivity (Wildman–Crippen MR) is 148 cm³/mol. The monoisotopic (exact) mass is 590 g/mol. The summed E-state index contributed by atoms with van der Waals surface area (Å²) in [7, 11) is 1.62. The van der Waals surface area contributed by atoms with Crippen molar-refractivity contribution in [2.75, 3.05) is 5.32 Å². The average molecular weight is 591 g/mol. The second kappa shape index (κ2) is 12.9. The van der Waals surface area contributed by atoms with Crippen LogP contribution < -0.4 is 34.9 Å². The third kappa shape index (κ3) is 6.28. The van der Waals surface area contributed by atoms with Crippen LogP contribution in [0.4, 0.5) is 15.0 Å². The summed E-state index contributed by atoms with van der Waals surface area (Å²) in [6.45, 7) is 1.71. The molecule has 0 unspecified atom stereocenters. The second-order valence-electron chi connectivity index (χ2n) is 9.30. The Morgan fingerprint density at radius 2 is 1.75 bits per heavy atom. The van der Waals surface area contributed by atoms with E-state index in [4.69, 9.17) is 27.9 Å². The van der Waals surface area contributed by atoms with Crippen LogP contribution in [-0.2, 0) is 22.0 Å². The Balaban J connectivity index is 0.00000220. The third-order valence-corrected chi connectivity index (χ3v) is 7.48. The van der Waals surface area contributed by atoms with Crippen molar-refractivity contribution in [1.29, 1.82) is 0 Å². The molecular formula is C29H24Cl2FN3NaO4-. The van der Waals surface area contributed by atoms with E-state index in [1.807, 2.05) is 24.3 Å². The van der Waals surface area contributed by atoms with Crippen LogP contribution in [0, 0.1) is 5.82 Å². The van der Waals surface area contributed by atoms with Crippen molar-refractivity contribution >= 4 is 41.4 Å². The van der Waals surface area contributed by atoms with Crippen molar-refractivity contribution in [2.45, 2.75) is 31.3 Å². The molecule has 40 heavy (non-hydrogen) atoms. The summed E-state index contributed by atoms with van der Waals surface area (Å²) in [5, 5.41) is 7.64. The predicted octanol–water partition coefficient (Wildman–Crippen LogP) is 4.48. The smallest absolute Gasteiger partial charge is 0.870 e. The molecule has 11 heteroatoms. The molecule has 202 valence electrons. The van der Waals surface area contributed by atoms with E-state index < -0.39 is 23.4 Å². The molecule has 1 fully saturated rings. The van der Waals surface area contributed by atoms with E-state index >= 15 is 4.39 Å². The fourth-order valence-electron chi connectivity index (χ4n) is 4.46. The first-order valence-corrected chi connectivity index (χ1v) is 12.7. The Morgan fingerprint density at radius 1 is 1.07 bits per heavy atom. The van der Waals surface area contributed by atoms with E-state index in [-0.39, 0.29) is 46.4 Å². The summed E-state index contributed by atoms with van der Waals surface area (Å²) in [4.78, 5) is 24.0. The molecule has 2 N–H and O–H groups in total. The number of aromatic nitrogens is 2. The van der Waals surface area contributed by atoms with Crippen LogP contribution in [0.3, 0.4) is 0 Å². The molecule has 4 aromatic rings. The number of hydrogen-bond donors (Lipinski definition) is 1. The van der Waals surface area contributed by atoms with Gasteiger partial charge in [0.15, 0.2) is 0 Å². The minimum atomic E-state index is -0.744. The number of halogens is 3. The summed E-state index contributed by atoms with van der Waals surface area (Å²) < 4.78 is 22.3. The van der Waals surface area contributed by atoms with Crippen molar-refractivity contribution < 1.29 is 53.7 Å². The molecule has 0 aliphatic heterocycles. The number of nitrogens with one attached hydrogen (secondary N) is 1. The number of hydrogen-bond acceptors (Lipinski definition) is 5. The van der Waals surface area contributed by atoms with E-state index in [2.05, 4.69) is 16.7 Å². The zero-order valence-electron chi connectivity index (χ0n) is 22.0. The topological polar surface area (TPSA) is 103 Å². The van der Waals surface area contributed by atoms with Crippen LogP contribution in [0.5, 0.6) is 0 Å². The molecule has 0 bridgehead atoms. The van der Waals surface area contributed by atoms with Crippen molar-refractivity contribution in [3.8, 4) is 22.3 Å². The molecule has 1 aromatic heterocycles. The first kappa shape index (κ1) is 31.8. The van der Waals surface area contributed by atoms with Gasteiger partial charge in [0, 0.05) is 39.3 Å². The average Bonchev–Trinajstić information content (AvgIpc) is 3.63. The summed E-state index contributed by atoms with van der Waals surface area (Å²) >= 11 is 12.8. The summed E-state index contributed by atoms with van der Waals surface area (Å²) in [5.74, 6) is -0.296. The standard InChI is InChI=1S/C29H23Cl2FN3O3.Na.H2O/c1-17(20-5-3-4-6-24(20)30)38-28(37)34-27-23(15-33-35(27)2)22-13-25(31)21(14-26(22)32)18-7-9-19(10-8-18)29(16-36)11-12-29;;/h3-10,13-15,17H,11-12H2,1-2H3,(H,34,37);;1H2/q-1;+1;/p-1/t17-;;/m1../s1. The molecule has 0 radical (unpaired) electrons. The first-order valence-electron chi connectivity index (χ1n) is 12.0. The van der Waals surface area contributed by atoms with E-state index in [1.54, 1.807) is 38.2 Å². The van der Waals surface area contributed by atoms with E-state index in [0.29, 0.717) is 32.3 Å². The molecule has 7 nitrogen and oxygen atoms in total. The van der Waals surface area contributed by atoms with Gasteiger partial charge in [0.1, 0.15) is 17.7 Å². The van der Waals surface area contributed by atoms with Gasteiger partial charge in [-0.2, -0.15) is 5.10 Å². The maximum atomic E-state index is 15.4. The number of carbonyl (C=O) groups excluding carboxylic acids is 2. The van der Waals surface area contributed by atoms with Gasteiger partial charge < -0.3 is 15.0 Å². The van der Waals surface area contributed by atoms with E-state index in [1.165, 1.54) is 23.0 Å². The normalized spacial score (nSPS) is 13.8. The molecule has 0 spiro atoms. The van der Waals surface area contributed by atoms with Crippen molar-refractivity contribution in [3.05, 3.63) is 93.8 Å². The Bertz CT molecular complexity index is 1540. The quantitative estimate of drug-likeness (QED) is 0.252. The van der Waals surface area contributed by atoms with Gasteiger partial charge >= 0.3 is 35.7 Å². The number of amides is 1. The summed E-state index contributed by atoms with van der Waals surface area (Å²) in [5.41, 5.74) is 2.78. The van der Waals surface area contributed by atoms with Crippen molar-refractivity contribution in [3.63, 3.8) is 0 Å². The van der Waals surface area contributed by atoms with Crippen LogP contribution in [0.1, 0.15) is 37.0 Å². The Kier molecular flexibility index (Phi) is 10.2. The zero-order valence-corrected chi connectivity index (χ0v) is 25.6. The van der Waals surface area contributed by atoms with Gasteiger partial charge in [-0.05, 0) is 30.7 Å². The van der Waals surface area contributed by atoms with Gasteiger partial charge in [-0.15, -0.1) is 5.41 Å². The van der Waals surface area contributed by atoms with Gasteiger partial charge in [0.25, 0.3) is 0 Å². The molecule has 1 saturated carbocycles. The number of rotatable bonds is 7. The van der Waals surface area contributed by atoms with Gasteiger partial charge in [-0.25, -0.2) is 9.18 Å². The summed E-state index contributed by atoms with van der Waals surface area (Å²) in [6.07, 6.45) is 3.79. The van der Waals surface area contributed by atoms with E-state index in [0.717, 1.165) is 18.4 Å². The van der Waals surface area contributed by atoms with Crippen LogP contribution >= 0.6 is 23.2 Å². The fraction of sp³-hybridized carbons (Fsp3) is 0.207. The zero-order chi connectivity index (χ0) is 27.0. The van der Waals surface area contributed by atoms with Crippen LogP contribution in [0.25, 0.3) is 22.3 Å². The SMILES string of the molecule is C[C@@H](OC(=O)Nc1c(-c2cc(Cl)c(-c3ccc(C4([C-]=O)CC4)cc3)cc2F)cnn1C)c1ccccc1Cl.[Na+].[OH-]. The molecule has 3 aromatic carbocycles. The van der Waals surface area contributed by atoms with Crippen molar-refractivity contribution in [1.82, 2.24) is 9.78 Å². The number of benzene rings is 3. The summed E-state index contributed by atoms with van der Waals surface area (Å²) in [6, 6.07) is 17.3. The first-order chi connectivity index (χ1) is 18.2. The molecule has 5 rings (SSSR count). The molecule has 1 heterocycles. The molecule has 1 aliphatic rings. The van der Waals surface area contributed by atoms with Crippen LogP contribution in [-0.4, -0.2) is 27.6 Å². The van der Waals surface area contributed by atoms with Crippen LogP contribution in [0.15, 0.2) is 66.9 Å². The second-order valence-corrected chi connectivity index (χ2v) is 10.1. The minimum absolute atomic E-state index is 0. The van der Waals surface area contributed by atoms with Gasteiger partial charge in [-0.1, -0.05) is 84.1 Å².